The molecular formula is C17H20ClF2N7O2. The zero-order valence-corrected chi connectivity index (χ0v) is 16.6. The fourth-order valence-corrected chi connectivity index (χ4v) is 3.10. The van der Waals surface area contributed by atoms with Crippen LogP contribution >= 0.6 is 12.4 Å². The fourth-order valence-electron chi connectivity index (χ4n) is 3.10. The molecule has 1 aliphatic rings. The van der Waals surface area contributed by atoms with Gasteiger partial charge in [0.15, 0.2) is 11.5 Å². The lowest BCUT2D eigenvalue weighted by molar-refractivity contribution is -0.0498. The summed E-state index contributed by atoms with van der Waals surface area (Å²) in [5.74, 6) is 0.950. The fraction of sp³-hybridized carbons (Fsp3) is 0.412. The average molecular weight is 428 g/mol. The van der Waals surface area contributed by atoms with E-state index in [2.05, 4.69) is 35.4 Å². The molecule has 3 heterocycles. The van der Waals surface area contributed by atoms with E-state index >= 15 is 0 Å². The van der Waals surface area contributed by atoms with Gasteiger partial charge in [-0.05, 0) is 38.2 Å². The first kappa shape index (κ1) is 21.1. The van der Waals surface area contributed by atoms with Crippen molar-refractivity contribution in [3.8, 4) is 23.0 Å². The molecule has 29 heavy (non-hydrogen) atoms. The molecule has 1 fully saturated rings. The molecule has 3 aromatic rings. The lowest BCUT2D eigenvalue weighted by atomic mass is 10.2. The lowest BCUT2D eigenvalue weighted by Crippen LogP contribution is -2.44. The molecule has 2 aromatic heterocycles. The zero-order valence-electron chi connectivity index (χ0n) is 15.7. The average Bonchev–Trinajstić information content (AvgIpc) is 3.29. The molecule has 12 heteroatoms. The van der Waals surface area contributed by atoms with Gasteiger partial charge in [-0.1, -0.05) is 10.4 Å². The Kier molecular flexibility index (Phi) is 6.40. The largest absolute Gasteiger partial charge is 0.435 e. The lowest BCUT2D eigenvalue weighted by Gasteiger charge is -2.30. The van der Waals surface area contributed by atoms with Crippen molar-refractivity contribution in [2.24, 2.45) is 0 Å². The monoisotopic (exact) mass is 427 g/mol. The Balaban J connectivity index is 0.00000240. The van der Waals surface area contributed by atoms with Crippen LogP contribution in [-0.4, -0.2) is 63.3 Å². The molecule has 0 amide bonds. The summed E-state index contributed by atoms with van der Waals surface area (Å²) in [5.41, 5.74) is 1.81. The van der Waals surface area contributed by atoms with Crippen LogP contribution in [0, 0.1) is 6.92 Å². The number of ether oxygens (including phenoxy) is 1. The van der Waals surface area contributed by atoms with Crippen LogP contribution in [0.3, 0.4) is 0 Å². The Bertz CT molecular complexity index is 948. The van der Waals surface area contributed by atoms with Gasteiger partial charge >= 0.3 is 6.61 Å². The third-order valence-corrected chi connectivity index (χ3v) is 4.65. The number of nitrogens with zero attached hydrogens (tertiary/aromatic N) is 6. The van der Waals surface area contributed by atoms with Crippen LogP contribution in [0.1, 0.15) is 17.6 Å². The number of aromatic nitrogens is 5. The molecule has 1 saturated heterocycles. The third kappa shape index (κ3) is 4.36. The number of likely N-dealkylation sites (N-methyl/N-ethyl adjacent to an activating group) is 1. The van der Waals surface area contributed by atoms with Crippen molar-refractivity contribution < 1.29 is 18.0 Å². The van der Waals surface area contributed by atoms with E-state index in [0.717, 1.165) is 19.6 Å². The summed E-state index contributed by atoms with van der Waals surface area (Å²) in [6, 6.07) is 6.15. The van der Waals surface area contributed by atoms with E-state index in [1.54, 1.807) is 16.8 Å². The molecule has 0 spiro atoms. The smallest absolute Gasteiger partial charge is 0.387 e. The van der Waals surface area contributed by atoms with Crippen LogP contribution in [0.5, 0.6) is 5.75 Å². The van der Waals surface area contributed by atoms with E-state index in [4.69, 9.17) is 4.52 Å². The maximum Gasteiger partial charge on any atom is 0.387 e. The summed E-state index contributed by atoms with van der Waals surface area (Å²) >= 11 is 0. The van der Waals surface area contributed by atoms with Gasteiger partial charge in [0.25, 0.3) is 5.89 Å². The second-order valence-electron chi connectivity index (χ2n) is 6.47. The van der Waals surface area contributed by atoms with Crippen molar-refractivity contribution in [1.82, 2.24) is 35.4 Å². The molecule has 0 saturated carbocycles. The number of alkyl halides is 2. The quantitative estimate of drug-likeness (QED) is 0.662. The van der Waals surface area contributed by atoms with Gasteiger partial charge in [0, 0.05) is 19.6 Å². The van der Waals surface area contributed by atoms with E-state index in [9.17, 15) is 8.78 Å². The first-order valence-electron chi connectivity index (χ1n) is 8.75. The molecule has 1 aromatic carbocycles. The molecule has 1 atom stereocenters. The van der Waals surface area contributed by atoms with Crippen molar-refractivity contribution in [3.63, 3.8) is 0 Å². The molecule has 4 rings (SSSR count). The summed E-state index contributed by atoms with van der Waals surface area (Å²) in [7, 11) is 2.02. The normalized spacial score (nSPS) is 17.3. The van der Waals surface area contributed by atoms with Gasteiger partial charge in [-0.3, -0.25) is 4.90 Å². The van der Waals surface area contributed by atoms with Crippen molar-refractivity contribution in [3.05, 3.63) is 35.8 Å². The van der Waals surface area contributed by atoms with Gasteiger partial charge in [0.2, 0.25) is 0 Å². The number of rotatable bonds is 5. The molecule has 9 nitrogen and oxygen atoms in total. The van der Waals surface area contributed by atoms with Crippen LogP contribution in [0.25, 0.3) is 17.3 Å². The highest BCUT2D eigenvalue weighted by molar-refractivity contribution is 5.85. The SMILES string of the molecule is Cc1c(-c2nc(C3CNCCN3C)no2)nnn1-c1ccc(OC(F)F)cc1.Cl. The topological polar surface area (TPSA) is 94.1 Å². The van der Waals surface area contributed by atoms with Gasteiger partial charge in [-0.15, -0.1) is 17.5 Å². The highest BCUT2D eigenvalue weighted by Gasteiger charge is 2.27. The highest BCUT2D eigenvalue weighted by Crippen LogP contribution is 2.25. The summed E-state index contributed by atoms with van der Waals surface area (Å²) in [5, 5.41) is 15.7. The minimum absolute atomic E-state index is 0. The van der Waals surface area contributed by atoms with Crippen molar-refractivity contribution >= 4 is 12.4 Å². The Morgan fingerprint density at radius 2 is 2.03 bits per heavy atom. The van der Waals surface area contributed by atoms with Crippen LogP contribution in [0.15, 0.2) is 28.8 Å². The number of halogens is 3. The summed E-state index contributed by atoms with van der Waals surface area (Å²) in [6.45, 7) is 1.52. The van der Waals surface area contributed by atoms with E-state index in [0.29, 0.717) is 22.9 Å². The predicted octanol–water partition coefficient (Wildman–Crippen LogP) is 2.23. The zero-order chi connectivity index (χ0) is 19.7. The summed E-state index contributed by atoms with van der Waals surface area (Å²) in [4.78, 5) is 6.66. The minimum Gasteiger partial charge on any atom is -0.435 e. The van der Waals surface area contributed by atoms with Gasteiger partial charge in [0.1, 0.15) is 5.75 Å². The molecule has 0 aliphatic carbocycles. The van der Waals surface area contributed by atoms with E-state index in [-0.39, 0.29) is 30.1 Å². The first-order valence-corrected chi connectivity index (χ1v) is 8.75. The minimum atomic E-state index is -2.87. The van der Waals surface area contributed by atoms with E-state index in [1.165, 1.54) is 12.1 Å². The van der Waals surface area contributed by atoms with Gasteiger partial charge in [-0.25, -0.2) is 4.68 Å². The van der Waals surface area contributed by atoms with Crippen molar-refractivity contribution in [2.45, 2.75) is 19.6 Å². The van der Waals surface area contributed by atoms with Crippen molar-refractivity contribution in [2.75, 3.05) is 26.7 Å². The Hall–Kier alpha value is -2.63. The van der Waals surface area contributed by atoms with Gasteiger partial charge in [0.05, 0.1) is 17.4 Å². The maximum absolute atomic E-state index is 12.3. The number of hydrogen-bond donors (Lipinski definition) is 1. The van der Waals surface area contributed by atoms with E-state index < -0.39 is 6.61 Å². The standard InChI is InChI=1S/C17H19F2N7O2.ClH/c1-10-14(16-21-15(23-28-16)13-9-20-7-8-25(13)2)22-24-26(10)11-3-5-12(6-4-11)27-17(18)19;/h3-6,13,17,20H,7-9H2,1-2H3;1H. The predicted molar refractivity (Wildman–Crippen MR) is 102 cm³/mol. The van der Waals surface area contributed by atoms with E-state index in [1.807, 2.05) is 14.0 Å². The number of hydrogen-bond acceptors (Lipinski definition) is 8. The molecule has 1 unspecified atom stereocenters. The van der Waals surface area contributed by atoms with Crippen LogP contribution < -0.4 is 10.1 Å². The number of piperazine rings is 1. The number of nitrogens with one attached hydrogen (secondary N) is 1. The molecule has 1 N–H and O–H groups in total. The first-order chi connectivity index (χ1) is 13.5. The molecule has 156 valence electrons. The van der Waals surface area contributed by atoms with Crippen molar-refractivity contribution in [1.29, 1.82) is 0 Å². The van der Waals surface area contributed by atoms with Crippen LogP contribution in [0.2, 0.25) is 0 Å². The number of benzene rings is 1. The Labute approximate surface area is 171 Å². The van der Waals surface area contributed by atoms with Crippen LogP contribution in [0.4, 0.5) is 8.78 Å². The van der Waals surface area contributed by atoms with Gasteiger partial charge in [-0.2, -0.15) is 13.8 Å². The maximum atomic E-state index is 12.3. The second kappa shape index (κ2) is 8.80. The highest BCUT2D eigenvalue weighted by atomic mass is 35.5. The Morgan fingerprint density at radius 1 is 1.28 bits per heavy atom. The third-order valence-electron chi connectivity index (χ3n) is 4.65. The summed E-state index contributed by atoms with van der Waals surface area (Å²) < 4.78 is 35.9. The second-order valence-corrected chi connectivity index (χ2v) is 6.47. The van der Waals surface area contributed by atoms with Gasteiger partial charge < -0.3 is 14.6 Å². The Morgan fingerprint density at radius 3 is 2.72 bits per heavy atom. The summed E-state index contributed by atoms with van der Waals surface area (Å²) in [6.07, 6.45) is 0. The molecule has 0 radical (unpaired) electrons. The molecule has 1 aliphatic heterocycles. The molecular weight excluding hydrogens is 408 g/mol. The molecule has 0 bridgehead atoms. The van der Waals surface area contributed by atoms with Crippen LogP contribution in [-0.2, 0) is 0 Å².